The fourth-order valence-electron chi connectivity index (χ4n) is 0.435. The number of hydrogen-bond acceptors (Lipinski definition) is 3. The molecule has 1 rings (SSSR count). The molecule has 0 radical (unpaired) electrons. The Hall–Kier alpha value is -0.280. The molecule has 0 N–H and O–H groups in total. The Labute approximate surface area is 62.8 Å². The Morgan fingerprint density at radius 1 is 1.78 bits per heavy atom. The summed E-state index contributed by atoms with van der Waals surface area (Å²) in [6.45, 7) is 0. The SMILES string of the molecule is CN=CSc1cccs1. The van der Waals surface area contributed by atoms with Crippen molar-refractivity contribution in [3.63, 3.8) is 0 Å². The van der Waals surface area contributed by atoms with Crippen molar-refractivity contribution in [2.24, 2.45) is 4.99 Å². The summed E-state index contributed by atoms with van der Waals surface area (Å²) < 4.78 is 1.29. The van der Waals surface area contributed by atoms with Gasteiger partial charge in [0.25, 0.3) is 0 Å². The molecule has 0 fully saturated rings. The predicted molar refractivity (Wildman–Crippen MR) is 44.6 cm³/mol. The summed E-state index contributed by atoms with van der Waals surface area (Å²) in [6.07, 6.45) is 0. The summed E-state index contributed by atoms with van der Waals surface area (Å²) in [5.74, 6) is 0. The topological polar surface area (TPSA) is 12.4 Å². The van der Waals surface area contributed by atoms with Gasteiger partial charge in [-0.1, -0.05) is 17.8 Å². The van der Waals surface area contributed by atoms with Gasteiger partial charge in [0.15, 0.2) is 0 Å². The maximum absolute atomic E-state index is 3.86. The fraction of sp³-hybridized carbons (Fsp3) is 0.167. The molecule has 0 aliphatic rings. The summed E-state index contributed by atoms with van der Waals surface area (Å²) in [5, 5.41) is 2.06. The Morgan fingerprint density at radius 3 is 3.22 bits per heavy atom. The van der Waals surface area contributed by atoms with Crippen LogP contribution in [-0.4, -0.2) is 12.6 Å². The second-order valence-corrected chi connectivity index (χ2v) is 3.51. The van der Waals surface area contributed by atoms with Crippen LogP contribution in [0.1, 0.15) is 0 Å². The molecular weight excluding hydrogens is 150 g/mol. The van der Waals surface area contributed by atoms with Crippen LogP contribution in [0.25, 0.3) is 0 Å². The van der Waals surface area contributed by atoms with Gasteiger partial charge in [0, 0.05) is 7.05 Å². The van der Waals surface area contributed by atoms with Gasteiger partial charge < -0.3 is 0 Å². The molecule has 9 heavy (non-hydrogen) atoms. The lowest BCUT2D eigenvalue weighted by atomic mass is 10.7. The Bertz CT molecular complexity index is 179. The van der Waals surface area contributed by atoms with Crippen LogP contribution in [0.4, 0.5) is 0 Å². The average Bonchev–Trinajstić information content (AvgIpc) is 2.34. The summed E-state index contributed by atoms with van der Waals surface area (Å²) in [6, 6.07) is 4.12. The molecule has 0 aliphatic carbocycles. The number of thiophene rings is 1. The van der Waals surface area contributed by atoms with Crippen LogP contribution < -0.4 is 0 Å². The molecule has 3 heteroatoms. The number of thioether (sulfide) groups is 1. The number of hydrogen-bond donors (Lipinski definition) is 0. The van der Waals surface area contributed by atoms with E-state index in [1.54, 1.807) is 30.1 Å². The minimum atomic E-state index is 1.29. The van der Waals surface area contributed by atoms with Crippen molar-refractivity contribution in [1.82, 2.24) is 0 Å². The molecule has 1 nitrogen and oxygen atoms in total. The largest absolute Gasteiger partial charge is 0.289 e. The van der Waals surface area contributed by atoms with E-state index in [0.29, 0.717) is 0 Å². The van der Waals surface area contributed by atoms with Crippen LogP contribution in [0, 0.1) is 0 Å². The molecule has 1 heterocycles. The molecule has 1 aromatic rings. The van der Waals surface area contributed by atoms with Gasteiger partial charge in [-0.25, -0.2) is 0 Å². The highest BCUT2D eigenvalue weighted by molar-refractivity contribution is 8.13. The Balaban J connectivity index is 2.48. The highest BCUT2D eigenvalue weighted by Gasteiger charge is 1.87. The second kappa shape index (κ2) is 3.69. The monoisotopic (exact) mass is 157 g/mol. The van der Waals surface area contributed by atoms with Crippen molar-refractivity contribution in [2.45, 2.75) is 4.21 Å². The third kappa shape index (κ3) is 2.20. The minimum absolute atomic E-state index is 1.29. The first kappa shape index (κ1) is 6.83. The van der Waals surface area contributed by atoms with E-state index in [4.69, 9.17) is 0 Å². The van der Waals surface area contributed by atoms with Crippen LogP contribution in [0.2, 0.25) is 0 Å². The molecule has 0 atom stereocenters. The molecule has 0 saturated heterocycles. The smallest absolute Gasteiger partial charge is 0.0655 e. The van der Waals surface area contributed by atoms with E-state index in [9.17, 15) is 0 Å². The van der Waals surface area contributed by atoms with Crippen LogP contribution >= 0.6 is 23.1 Å². The Morgan fingerprint density at radius 2 is 2.67 bits per heavy atom. The maximum Gasteiger partial charge on any atom is 0.0655 e. The zero-order valence-electron chi connectivity index (χ0n) is 5.07. The normalized spacial score (nSPS) is 10.8. The lowest BCUT2D eigenvalue weighted by Crippen LogP contribution is -1.58. The van der Waals surface area contributed by atoms with Gasteiger partial charge in [0.1, 0.15) is 0 Å². The van der Waals surface area contributed by atoms with E-state index in [2.05, 4.69) is 16.4 Å². The number of aliphatic imine (C=N–C) groups is 1. The third-order valence-electron chi connectivity index (χ3n) is 0.769. The first-order valence-electron chi connectivity index (χ1n) is 2.54. The average molecular weight is 157 g/mol. The van der Waals surface area contributed by atoms with Gasteiger partial charge in [-0.05, 0) is 11.4 Å². The van der Waals surface area contributed by atoms with E-state index in [0.717, 1.165) is 0 Å². The van der Waals surface area contributed by atoms with Crippen molar-refractivity contribution < 1.29 is 0 Å². The van der Waals surface area contributed by atoms with E-state index < -0.39 is 0 Å². The molecule has 0 aliphatic heterocycles. The number of nitrogens with zero attached hydrogens (tertiary/aromatic N) is 1. The molecule has 0 aromatic carbocycles. The van der Waals surface area contributed by atoms with E-state index in [1.165, 1.54) is 4.21 Å². The van der Waals surface area contributed by atoms with Crippen molar-refractivity contribution in [1.29, 1.82) is 0 Å². The molecule has 0 unspecified atom stereocenters. The van der Waals surface area contributed by atoms with E-state index in [1.807, 2.05) is 11.6 Å². The van der Waals surface area contributed by atoms with Crippen LogP contribution in [-0.2, 0) is 0 Å². The van der Waals surface area contributed by atoms with Gasteiger partial charge in [-0.3, -0.25) is 4.99 Å². The zero-order valence-corrected chi connectivity index (χ0v) is 6.71. The van der Waals surface area contributed by atoms with Crippen molar-refractivity contribution >= 4 is 28.6 Å². The molecule has 48 valence electrons. The van der Waals surface area contributed by atoms with Crippen LogP contribution in [0.15, 0.2) is 26.7 Å². The summed E-state index contributed by atoms with van der Waals surface area (Å²) in [5.41, 5.74) is 1.84. The summed E-state index contributed by atoms with van der Waals surface area (Å²) in [4.78, 5) is 3.86. The molecule has 0 spiro atoms. The first-order chi connectivity index (χ1) is 4.43. The second-order valence-electron chi connectivity index (χ2n) is 1.41. The van der Waals surface area contributed by atoms with Crippen molar-refractivity contribution in [3.8, 4) is 0 Å². The van der Waals surface area contributed by atoms with E-state index >= 15 is 0 Å². The lowest BCUT2D eigenvalue weighted by Gasteiger charge is -1.82. The summed E-state index contributed by atoms with van der Waals surface area (Å²) in [7, 11) is 1.78. The Kier molecular flexibility index (Phi) is 2.80. The first-order valence-corrected chi connectivity index (χ1v) is 4.30. The highest BCUT2D eigenvalue weighted by Crippen LogP contribution is 2.20. The predicted octanol–water partition coefficient (Wildman–Crippen LogP) is 2.50. The lowest BCUT2D eigenvalue weighted by molar-refractivity contribution is 1.49. The minimum Gasteiger partial charge on any atom is -0.289 e. The van der Waals surface area contributed by atoms with Crippen molar-refractivity contribution in [2.75, 3.05) is 7.05 Å². The van der Waals surface area contributed by atoms with Crippen LogP contribution in [0.3, 0.4) is 0 Å². The van der Waals surface area contributed by atoms with Gasteiger partial charge in [0.2, 0.25) is 0 Å². The van der Waals surface area contributed by atoms with Gasteiger partial charge >= 0.3 is 0 Å². The van der Waals surface area contributed by atoms with Crippen molar-refractivity contribution in [3.05, 3.63) is 17.5 Å². The quantitative estimate of drug-likeness (QED) is 0.365. The molecule has 1 aromatic heterocycles. The zero-order chi connectivity index (χ0) is 6.53. The van der Waals surface area contributed by atoms with Gasteiger partial charge in [-0.15, -0.1) is 11.3 Å². The summed E-state index contributed by atoms with van der Waals surface area (Å²) >= 11 is 3.39. The standard InChI is InChI=1S/C6H7NS2/c1-7-5-9-6-3-2-4-8-6/h2-5H,1H3. The van der Waals surface area contributed by atoms with Gasteiger partial charge in [0.05, 0.1) is 9.76 Å². The van der Waals surface area contributed by atoms with Gasteiger partial charge in [-0.2, -0.15) is 0 Å². The molecular formula is C6H7NS2. The molecule has 0 amide bonds. The van der Waals surface area contributed by atoms with Crippen LogP contribution in [0.5, 0.6) is 0 Å². The maximum atomic E-state index is 3.86. The molecule has 0 bridgehead atoms. The third-order valence-corrected chi connectivity index (χ3v) is 2.69. The van der Waals surface area contributed by atoms with E-state index in [-0.39, 0.29) is 0 Å². The highest BCUT2D eigenvalue weighted by atomic mass is 32.2. The molecule has 0 saturated carbocycles. The fourth-order valence-corrected chi connectivity index (χ4v) is 1.77. The number of rotatable bonds is 2.